The molecular formula is C18H20N4. The van der Waals surface area contributed by atoms with E-state index in [1.165, 1.54) is 37.1 Å². The summed E-state index contributed by atoms with van der Waals surface area (Å²) in [6.45, 7) is 9.33. The second-order valence-electron chi connectivity index (χ2n) is 6.29. The second kappa shape index (κ2) is 5.58. The van der Waals surface area contributed by atoms with Crippen LogP contribution in [0.2, 0.25) is 0 Å². The van der Waals surface area contributed by atoms with Crippen LogP contribution in [0.25, 0.3) is 10.5 Å². The van der Waals surface area contributed by atoms with Crippen LogP contribution in [0.4, 0.5) is 5.69 Å². The number of hydrogen-bond donors (Lipinski definition) is 0. The van der Waals surface area contributed by atoms with E-state index in [4.69, 9.17) is 11.7 Å². The molecule has 1 aliphatic carbocycles. The minimum atomic E-state index is 0.675. The summed E-state index contributed by atoms with van der Waals surface area (Å²) in [7, 11) is 0. The summed E-state index contributed by atoms with van der Waals surface area (Å²) >= 11 is 0. The Morgan fingerprint density at radius 1 is 1.09 bits per heavy atom. The smallest absolute Gasteiger partial charge is 0.187 e. The molecule has 4 nitrogen and oxygen atoms in total. The van der Waals surface area contributed by atoms with Gasteiger partial charge in [0.25, 0.3) is 0 Å². The summed E-state index contributed by atoms with van der Waals surface area (Å²) in [4.78, 5) is 6.09. The molecule has 0 N–H and O–H groups in total. The molecule has 0 atom stereocenters. The average Bonchev–Trinajstić information content (AvgIpc) is 2.82. The van der Waals surface area contributed by atoms with Crippen molar-refractivity contribution in [2.45, 2.75) is 38.1 Å². The molecule has 1 aliphatic heterocycles. The standard InChI is InChI=1S/C18H20N4/c1-19-15-5-7-17(8-6-15)22-13-14-9-11-21(16-3-2-4-16)12-10-18(14)20-22/h5-8,13,16H,2-4,9-12H2. The maximum Gasteiger partial charge on any atom is 0.187 e. The fraction of sp³-hybridized carbons (Fsp3) is 0.444. The summed E-state index contributed by atoms with van der Waals surface area (Å²) < 4.78 is 1.97. The van der Waals surface area contributed by atoms with Crippen molar-refractivity contribution in [1.29, 1.82) is 0 Å². The molecular weight excluding hydrogens is 272 g/mol. The van der Waals surface area contributed by atoms with Gasteiger partial charge < -0.3 is 0 Å². The van der Waals surface area contributed by atoms with Crippen LogP contribution < -0.4 is 0 Å². The summed E-state index contributed by atoms with van der Waals surface area (Å²) in [6.07, 6.45) is 8.49. The highest BCUT2D eigenvalue weighted by molar-refractivity contribution is 5.49. The Kier molecular flexibility index (Phi) is 3.44. The van der Waals surface area contributed by atoms with Crippen molar-refractivity contribution in [3.63, 3.8) is 0 Å². The van der Waals surface area contributed by atoms with Gasteiger partial charge in [-0.25, -0.2) is 9.53 Å². The number of aromatic nitrogens is 2. The molecule has 4 heteroatoms. The maximum atomic E-state index is 7.02. The number of benzene rings is 1. The van der Waals surface area contributed by atoms with Gasteiger partial charge in [0.2, 0.25) is 0 Å². The maximum absolute atomic E-state index is 7.02. The van der Waals surface area contributed by atoms with Gasteiger partial charge in [-0.2, -0.15) is 5.10 Å². The Bertz CT molecular complexity index is 678. The molecule has 0 spiro atoms. The average molecular weight is 292 g/mol. The normalized spacial score (nSPS) is 19.0. The van der Waals surface area contributed by atoms with Crippen molar-refractivity contribution < 1.29 is 0 Å². The first-order valence-corrected chi connectivity index (χ1v) is 8.13. The van der Waals surface area contributed by atoms with Gasteiger partial charge in [0.1, 0.15) is 0 Å². The Hall–Kier alpha value is -2.12. The zero-order chi connectivity index (χ0) is 14.9. The van der Waals surface area contributed by atoms with E-state index in [1.807, 2.05) is 28.9 Å². The highest BCUT2D eigenvalue weighted by atomic mass is 15.3. The highest BCUT2D eigenvalue weighted by Crippen LogP contribution is 2.27. The van der Waals surface area contributed by atoms with Gasteiger partial charge in [0, 0.05) is 31.7 Å². The third-order valence-corrected chi connectivity index (χ3v) is 5.02. The molecule has 112 valence electrons. The summed E-state index contributed by atoms with van der Waals surface area (Å²) in [5.41, 5.74) is 4.34. The monoisotopic (exact) mass is 292 g/mol. The molecule has 0 amide bonds. The third kappa shape index (κ3) is 2.42. The number of rotatable bonds is 2. The van der Waals surface area contributed by atoms with Crippen molar-refractivity contribution in [3.05, 3.63) is 53.1 Å². The topological polar surface area (TPSA) is 25.4 Å². The Labute approximate surface area is 131 Å². The van der Waals surface area contributed by atoms with Gasteiger partial charge in [-0.15, -0.1) is 0 Å². The lowest BCUT2D eigenvalue weighted by molar-refractivity contribution is 0.133. The molecule has 0 radical (unpaired) electrons. The molecule has 1 aromatic heterocycles. The molecule has 22 heavy (non-hydrogen) atoms. The Morgan fingerprint density at radius 3 is 2.55 bits per heavy atom. The predicted molar refractivity (Wildman–Crippen MR) is 86.4 cm³/mol. The van der Waals surface area contributed by atoms with Crippen LogP contribution in [-0.2, 0) is 12.8 Å². The molecule has 4 rings (SSSR count). The first-order chi connectivity index (χ1) is 10.8. The molecule has 1 saturated carbocycles. The van der Waals surface area contributed by atoms with E-state index in [-0.39, 0.29) is 0 Å². The molecule has 1 fully saturated rings. The zero-order valence-electron chi connectivity index (χ0n) is 12.7. The van der Waals surface area contributed by atoms with Crippen LogP contribution in [0.5, 0.6) is 0 Å². The van der Waals surface area contributed by atoms with Gasteiger partial charge in [-0.3, -0.25) is 4.90 Å². The van der Waals surface area contributed by atoms with Crippen molar-refractivity contribution in [2.75, 3.05) is 13.1 Å². The highest BCUT2D eigenvalue weighted by Gasteiger charge is 2.27. The molecule has 1 aromatic carbocycles. The Morgan fingerprint density at radius 2 is 1.86 bits per heavy atom. The minimum Gasteiger partial charge on any atom is -0.300 e. The van der Waals surface area contributed by atoms with Crippen LogP contribution in [0.1, 0.15) is 30.5 Å². The van der Waals surface area contributed by atoms with E-state index in [0.29, 0.717) is 5.69 Å². The lowest BCUT2D eigenvalue weighted by atomic mass is 9.91. The molecule has 0 unspecified atom stereocenters. The number of fused-ring (bicyclic) bond motifs is 1. The van der Waals surface area contributed by atoms with E-state index in [0.717, 1.165) is 31.1 Å². The molecule has 2 aromatic rings. The summed E-state index contributed by atoms with van der Waals surface area (Å²) in [5.74, 6) is 0. The molecule has 2 aliphatic rings. The van der Waals surface area contributed by atoms with Crippen LogP contribution >= 0.6 is 0 Å². The van der Waals surface area contributed by atoms with E-state index in [1.54, 1.807) is 0 Å². The van der Waals surface area contributed by atoms with Crippen LogP contribution in [0.3, 0.4) is 0 Å². The number of nitrogens with zero attached hydrogens (tertiary/aromatic N) is 4. The zero-order valence-corrected chi connectivity index (χ0v) is 12.7. The SMILES string of the molecule is [C-]#[N+]c1ccc(-n2cc3c(n2)CCN(C2CCC2)CC3)cc1. The summed E-state index contributed by atoms with van der Waals surface area (Å²) in [5, 5.41) is 4.79. The lowest BCUT2D eigenvalue weighted by Gasteiger charge is -2.36. The molecule has 0 bridgehead atoms. The van der Waals surface area contributed by atoms with Gasteiger partial charge in [0.15, 0.2) is 5.69 Å². The van der Waals surface area contributed by atoms with E-state index >= 15 is 0 Å². The second-order valence-corrected chi connectivity index (χ2v) is 6.29. The van der Waals surface area contributed by atoms with E-state index in [9.17, 15) is 0 Å². The number of hydrogen-bond acceptors (Lipinski definition) is 2. The Balaban J connectivity index is 1.53. The molecule has 0 saturated heterocycles. The largest absolute Gasteiger partial charge is 0.300 e. The minimum absolute atomic E-state index is 0.675. The van der Waals surface area contributed by atoms with Crippen molar-refractivity contribution in [2.24, 2.45) is 0 Å². The predicted octanol–water partition coefficient (Wildman–Crippen LogP) is 3.38. The lowest BCUT2D eigenvalue weighted by Crippen LogP contribution is -2.41. The van der Waals surface area contributed by atoms with Gasteiger partial charge >= 0.3 is 0 Å². The fourth-order valence-electron chi connectivity index (χ4n) is 3.42. The van der Waals surface area contributed by atoms with E-state index < -0.39 is 0 Å². The van der Waals surface area contributed by atoms with Gasteiger partial charge in [-0.05, 0) is 37.0 Å². The first-order valence-electron chi connectivity index (χ1n) is 8.13. The first kappa shape index (κ1) is 13.5. The van der Waals surface area contributed by atoms with Crippen molar-refractivity contribution >= 4 is 5.69 Å². The van der Waals surface area contributed by atoms with Gasteiger partial charge in [-0.1, -0.05) is 18.6 Å². The third-order valence-electron chi connectivity index (χ3n) is 5.02. The van der Waals surface area contributed by atoms with Crippen molar-refractivity contribution in [1.82, 2.24) is 14.7 Å². The molecule has 2 heterocycles. The van der Waals surface area contributed by atoms with Crippen molar-refractivity contribution in [3.8, 4) is 5.69 Å². The van der Waals surface area contributed by atoms with Gasteiger partial charge in [0.05, 0.1) is 18.0 Å². The van der Waals surface area contributed by atoms with E-state index in [2.05, 4.69) is 15.9 Å². The van der Waals surface area contributed by atoms with Crippen LogP contribution in [0, 0.1) is 6.57 Å². The quantitative estimate of drug-likeness (QED) is 0.793. The summed E-state index contributed by atoms with van der Waals surface area (Å²) in [6, 6.07) is 8.49. The van der Waals surface area contributed by atoms with Crippen LogP contribution in [-0.4, -0.2) is 33.8 Å². The van der Waals surface area contributed by atoms with Crippen LogP contribution in [0.15, 0.2) is 30.5 Å². The fourth-order valence-corrected chi connectivity index (χ4v) is 3.42.